The highest BCUT2D eigenvalue weighted by atomic mass is 16.7. The van der Waals surface area contributed by atoms with E-state index in [0.29, 0.717) is 0 Å². The van der Waals surface area contributed by atoms with Crippen LogP contribution in [0.3, 0.4) is 0 Å². The van der Waals surface area contributed by atoms with Gasteiger partial charge >= 0.3 is 12.1 Å². The van der Waals surface area contributed by atoms with E-state index >= 15 is 0 Å². The van der Waals surface area contributed by atoms with E-state index in [4.69, 9.17) is 5.11 Å². The second-order valence-electron chi connectivity index (χ2n) is 2.44. The van der Waals surface area contributed by atoms with Crippen LogP contribution in [0.25, 0.3) is 11.1 Å². The van der Waals surface area contributed by atoms with Crippen LogP contribution in [-0.4, -0.2) is 17.2 Å². The van der Waals surface area contributed by atoms with E-state index in [9.17, 15) is 9.59 Å². The summed E-state index contributed by atoms with van der Waals surface area (Å²) < 4.78 is 3.53. The zero-order valence-electron chi connectivity index (χ0n) is 6.98. The minimum atomic E-state index is -1.56. The monoisotopic (exact) mass is 180 g/mol. The fourth-order valence-electron chi connectivity index (χ4n) is 0.786. The molecule has 0 fully saturated rings. The molecule has 0 amide bonds. The number of rotatable bonds is 0. The molecular formula is C9H8O4. The van der Waals surface area contributed by atoms with E-state index in [1.165, 1.54) is 11.1 Å². The van der Waals surface area contributed by atoms with Gasteiger partial charge in [-0.1, -0.05) is 24.3 Å². The molecule has 0 bridgehead atoms. The molecule has 0 unspecified atom stereocenters. The molecule has 0 spiro atoms. The van der Waals surface area contributed by atoms with Crippen LogP contribution in [-0.2, 0) is 9.53 Å². The molecule has 1 N–H and O–H groups in total. The Labute approximate surface area is 74.8 Å². The third-order valence-electron chi connectivity index (χ3n) is 1.45. The van der Waals surface area contributed by atoms with Crippen LogP contribution in [0, 0.1) is 0 Å². The van der Waals surface area contributed by atoms with Crippen molar-refractivity contribution in [3.8, 4) is 11.1 Å². The number of ether oxygens (including phenoxy) is 1. The van der Waals surface area contributed by atoms with Gasteiger partial charge in [0, 0.05) is 6.92 Å². The maximum atomic E-state index is 9.65. The van der Waals surface area contributed by atoms with Gasteiger partial charge in [0.2, 0.25) is 0 Å². The summed E-state index contributed by atoms with van der Waals surface area (Å²) in [6, 6.07) is 8.48. The van der Waals surface area contributed by atoms with Crippen molar-refractivity contribution in [2.45, 2.75) is 6.92 Å². The fourth-order valence-corrected chi connectivity index (χ4v) is 0.786. The van der Waals surface area contributed by atoms with Crippen molar-refractivity contribution in [2.75, 3.05) is 0 Å². The summed E-state index contributed by atoms with van der Waals surface area (Å²) in [6.07, 6.45) is -1.56. The first kappa shape index (κ1) is 9.25. The first-order valence-corrected chi connectivity index (χ1v) is 3.61. The smallest absolute Gasteiger partial charge is 0.449 e. The van der Waals surface area contributed by atoms with Gasteiger partial charge in [-0.05, 0) is 11.1 Å². The summed E-state index contributed by atoms with van der Waals surface area (Å²) in [4.78, 5) is 19.0. The summed E-state index contributed by atoms with van der Waals surface area (Å²) in [7, 11) is 0. The summed E-state index contributed by atoms with van der Waals surface area (Å²) in [5, 5.41) is 7.64. The van der Waals surface area contributed by atoms with Gasteiger partial charge in [-0.25, -0.2) is 4.79 Å². The molecular weight excluding hydrogens is 172 g/mol. The first-order chi connectivity index (χ1) is 6.09. The van der Waals surface area contributed by atoms with E-state index in [-0.39, 0.29) is 0 Å². The number of hydrogen-bond acceptors (Lipinski definition) is 3. The minimum Gasteiger partial charge on any atom is -0.449 e. The van der Waals surface area contributed by atoms with Crippen LogP contribution in [0.1, 0.15) is 6.92 Å². The lowest BCUT2D eigenvalue weighted by atomic mass is 9.95. The Bertz CT molecular complexity index is 293. The molecule has 4 heteroatoms. The molecule has 0 atom stereocenters. The molecule has 68 valence electrons. The molecule has 13 heavy (non-hydrogen) atoms. The molecule has 0 aromatic carbocycles. The van der Waals surface area contributed by atoms with Crippen LogP contribution >= 0.6 is 0 Å². The molecule has 0 radical (unpaired) electrons. The van der Waals surface area contributed by atoms with Crippen LogP contribution < -0.4 is 0 Å². The first-order valence-electron chi connectivity index (χ1n) is 3.61. The SMILES string of the molecule is CC(=O)OC(=O)O.c1cc2ccc1-2. The number of hydrogen-bond donors (Lipinski definition) is 1. The summed E-state index contributed by atoms with van der Waals surface area (Å²) in [5.74, 6) is -0.812. The Morgan fingerprint density at radius 2 is 1.54 bits per heavy atom. The number of carbonyl (C=O) groups excluding carboxylic acids is 1. The van der Waals surface area contributed by atoms with E-state index in [1.54, 1.807) is 0 Å². The average molecular weight is 180 g/mol. The second kappa shape index (κ2) is 3.71. The van der Waals surface area contributed by atoms with E-state index in [1.807, 2.05) is 0 Å². The van der Waals surface area contributed by atoms with Gasteiger partial charge in [0.25, 0.3) is 0 Å². The second-order valence-corrected chi connectivity index (χ2v) is 2.44. The Balaban J connectivity index is 0.000000130. The topological polar surface area (TPSA) is 63.6 Å². The minimum absolute atomic E-state index is 0.812. The molecule has 2 rings (SSSR count). The van der Waals surface area contributed by atoms with Crippen molar-refractivity contribution < 1.29 is 19.4 Å². The molecule has 0 aromatic heterocycles. The Kier molecular flexibility index (Phi) is 2.64. The van der Waals surface area contributed by atoms with Gasteiger partial charge in [0.1, 0.15) is 0 Å². The van der Waals surface area contributed by atoms with Gasteiger partial charge in [0.15, 0.2) is 0 Å². The van der Waals surface area contributed by atoms with Crippen molar-refractivity contribution in [1.29, 1.82) is 0 Å². The van der Waals surface area contributed by atoms with E-state index in [0.717, 1.165) is 6.92 Å². The van der Waals surface area contributed by atoms with Gasteiger partial charge in [-0.15, -0.1) is 0 Å². The van der Waals surface area contributed by atoms with Crippen LogP contribution in [0.15, 0.2) is 24.3 Å². The molecule has 0 aromatic rings. The third-order valence-corrected chi connectivity index (χ3v) is 1.45. The standard InChI is InChI=1S/C6H4.C3H4O4/c1-2-6-4-3-5(1)6;1-2(4)7-3(5)6/h1-4H;1H3,(H,5,6). The number of benzene rings is 1. The van der Waals surface area contributed by atoms with Crippen molar-refractivity contribution in [3.05, 3.63) is 24.3 Å². The summed E-state index contributed by atoms with van der Waals surface area (Å²) in [5.41, 5.74) is 2.85. The molecule has 2 aliphatic carbocycles. The van der Waals surface area contributed by atoms with Crippen molar-refractivity contribution in [1.82, 2.24) is 0 Å². The average Bonchev–Trinajstić information content (AvgIpc) is 1.95. The number of esters is 1. The molecule has 2 aliphatic rings. The highest BCUT2D eigenvalue weighted by Crippen LogP contribution is 2.29. The zero-order valence-corrected chi connectivity index (χ0v) is 6.98. The fraction of sp³-hybridized carbons (Fsp3) is 0.111. The van der Waals surface area contributed by atoms with Crippen molar-refractivity contribution in [3.63, 3.8) is 0 Å². The summed E-state index contributed by atoms with van der Waals surface area (Å²) in [6.45, 7) is 1.02. The number of fused-ring (bicyclic) bond motifs is 1. The predicted octanol–water partition coefficient (Wildman–Crippen LogP) is 1.89. The highest BCUT2D eigenvalue weighted by Gasteiger charge is 2.03. The van der Waals surface area contributed by atoms with Crippen LogP contribution in [0.4, 0.5) is 4.79 Å². The van der Waals surface area contributed by atoms with Gasteiger partial charge in [-0.3, -0.25) is 4.79 Å². The third kappa shape index (κ3) is 2.59. The quantitative estimate of drug-likeness (QED) is 0.496. The largest absolute Gasteiger partial charge is 0.513 e. The van der Waals surface area contributed by atoms with Crippen molar-refractivity contribution >= 4 is 12.1 Å². The Hall–Kier alpha value is -1.84. The molecule has 0 aliphatic heterocycles. The van der Waals surface area contributed by atoms with Crippen LogP contribution in [0.2, 0.25) is 0 Å². The number of carbonyl (C=O) groups is 2. The van der Waals surface area contributed by atoms with Gasteiger partial charge in [0.05, 0.1) is 0 Å². The zero-order chi connectivity index (χ0) is 9.84. The Morgan fingerprint density at radius 1 is 1.15 bits per heavy atom. The van der Waals surface area contributed by atoms with Gasteiger partial charge < -0.3 is 9.84 Å². The van der Waals surface area contributed by atoms with E-state index < -0.39 is 12.1 Å². The lowest BCUT2D eigenvalue weighted by Gasteiger charge is -2.10. The Morgan fingerprint density at radius 3 is 1.54 bits per heavy atom. The maximum absolute atomic E-state index is 9.65. The predicted molar refractivity (Wildman–Crippen MR) is 45.2 cm³/mol. The molecule has 4 nitrogen and oxygen atoms in total. The van der Waals surface area contributed by atoms with Gasteiger partial charge in [-0.2, -0.15) is 0 Å². The maximum Gasteiger partial charge on any atom is 0.513 e. The van der Waals surface area contributed by atoms with Crippen molar-refractivity contribution in [2.24, 2.45) is 0 Å². The molecule has 0 heterocycles. The van der Waals surface area contributed by atoms with E-state index in [2.05, 4.69) is 29.0 Å². The normalized spacial score (nSPS) is 9.31. The van der Waals surface area contributed by atoms with Crippen LogP contribution in [0.5, 0.6) is 0 Å². The number of carboxylic acid groups (broad SMARTS) is 1. The summed E-state index contributed by atoms with van der Waals surface area (Å²) >= 11 is 0. The molecule has 0 saturated heterocycles. The lowest BCUT2D eigenvalue weighted by Crippen LogP contribution is -2.04. The molecule has 0 saturated carbocycles. The lowest BCUT2D eigenvalue weighted by molar-refractivity contribution is -0.136. The highest BCUT2D eigenvalue weighted by molar-refractivity contribution is 5.78.